The molecule has 3 aromatic rings. The van der Waals surface area contributed by atoms with Crippen molar-refractivity contribution in [1.82, 2.24) is 5.32 Å². The Bertz CT molecular complexity index is 888. The van der Waals surface area contributed by atoms with Crippen molar-refractivity contribution >= 4 is 66.5 Å². The molecule has 134 valence electrons. The van der Waals surface area contributed by atoms with E-state index in [1.54, 1.807) is 48.7 Å². The van der Waals surface area contributed by atoms with Crippen LogP contribution in [-0.2, 0) is 6.54 Å². The van der Waals surface area contributed by atoms with Crippen LogP contribution in [0.4, 0.5) is 16.2 Å². The third kappa shape index (κ3) is 4.96. The van der Waals surface area contributed by atoms with Gasteiger partial charge in [-0.05, 0) is 74.3 Å². The molecule has 0 fully saturated rings. The summed E-state index contributed by atoms with van der Waals surface area (Å²) in [5.74, 6) is 0.475. The molecule has 2 aromatic heterocycles. The molecule has 0 aliphatic heterocycles. The van der Waals surface area contributed by atoms with E-state index >= 15 is 0 Å². The van der Waals surface area contributed by atoms with Crippen LogP contribution in [0.3, 0.4) is 0 Å². The first kappa shape index (κ1) is 18.7. The van der Waals surface area contributed by atoms with Crippen LogP contribution in [-0.4, -0.2) is 11.9 Å². The molecule has 26 heavy (non-hydrogen) atoms. The number of rotatable bonds is 5. The minimum atomic E-state index is -0.341. The van der Waals surface area contributed by atoms with E-state index in [9.17, 15) is 9.59 Å². The number of nitrogens with one attached hydrogen (secondary N) is 3. The quantitative estimate of drug-likeness (QED) is 0.438. The number of thiophene rings is 1. The number of carbonyl (C=O) groups is 2. The molecule has 0 aliphatic carbocycles. The van der Waals surface area contributed by atoms with E-state index in [2.05, 4.69) is 47.8 Å². The number of hydrogen-bond acceptors (Lipinski definition) is 4. The Morgan fingerprint density at radius 3 is 2.31 bits per heavy atom. The molecule has 0 aliphatic rings. The van der Waals surface area contributed by atoms with Crippen molar-refractivity contribution in [2.24, 2.45) is 0 Å². The highest BCUT2D eigenvalue weighted by molar-refractivity contribution is 9.13. The largest absolute Gasteiger partial charge is 0.467 e. The molecule has 3 N–H and O–H groups in total. The van der Waals surface area contributed by atoms with Gasteiger partial charge >= 0.3 is 6.03 Å². The number of carbonyl (C=O) groups excluding carboxylic acids is 2. The number of amides is 3. The van der Waals surface area contributed by atoms with E-state index in [0.717, 1.165) is 8.26 Å². The van der Waals surface area contributed by atoms with Crippen molar-refractivity contribution in [3.63, 3.8) is 0 Å². The third-order valence-corrected chi connectivity index (χ3v) is 6.53. The molecule has 0 radical (unpaired) electrons. The Labute approximate surface area is 170 Å². The zero-order valence-electron chi connectivity index (χ0n) is 13.2. The summed E-state index contributed by atoms with van der Waals surface area (Å²) in [7, 11) is 0. The molecule has 0 unspecified atom stereocenters. The fourth-order valence-electron chi connectivity index (χ4n) is 2.04. The van der Waals surface area contributed by atoms with Crippen LogP contribution in [0.1, 0.15) is 15.4 Å². The highest BCUT2D eigenvalue weighted by Gasteiger charge is 2.12. The first-order valence-electron chi connectivity index (χ1n) is 7.45. The molecule has 1 aromatic carbocycles. The maximum Gasteiger partial charge on any atom is 0.319 e. The van der Waals surface area contributed by atoms with Gasteiger partial charge in [-0.3, -0.25) is 4.79 Å². The van der Waals surface area contributed by atoms with Gasteiger partial charge in [-0.1, -0.05) is 0 Å². The Morgan fingerprint density at radius 1 is 1.04 bits per heavy atom. The second-order valence-corrected chi connectivity index (χ2v) is 8.38. The highest BCUT2D eigenvalue weighted by atomic mass is 79.9. The lowest BCUT2D eigenvalue weighted by Crippen LogP contribution is -2.27. The maximum atomic E-state index is 12.2. The van der Waals surface area contributed by atoms with Crippen molar-refractivity contribution in [3.05, 3.63) is 67.6 Å². The zero-order chi connectivity index (χ0) is 18.5. The highest BCUT2D eigenvalue weighted by Crippen LogP contribution is 2.32. The smallest absolute Gasteiger partial charge is 0.319 e. The van der Waals surface area contributed by atoms with Crippen LogP contribution in [0.2, 0.25) is 0 Å². The molecule has 0 spiro atoms. The lowest BCUT2D eigenvalue weighted by Gasteiger charge is -2.08. The average Bonchev–Trinajstić information content (AvgIpc) is 3.25. The van der Waals surface area contributed by atoms with E-state index in [-0.39, 0.29) is 11.9 Å². The topological polar surface area (TPSA) is 83.4 Å². The van der Waals surface area contributed by atoms with Crippen molar-refractivity contribution < 1.29 is 14.0 Å². The molecule has 3 rings (SSSR count). The molecular weight excluding hydrogens is 486 g/mol. The molecular formula is C17H13Br2N3O3S. The van der Waals surface area contributed by atoms with Crippen LogP contribution >= 0.6 is 43.2 Å². The van der Waals surface area contributed by atoms with Crippen LogP contribution in [0.25, 0.3) is 0 Å². The van der Waals surface area contributed by atoms with Crippen LogP contribution in [0.15, 0.2) is 61.4 Å². The minimum Gasteiger partial charge on any atom is -0.467 e. The summed E-state index contributed by atoms with van der Waals surface area (Å²) in [6, 6.07) is 11.8. The summed E-state index contributed by atoms with van der Waals surface area (Å²) in [6.07, 6.45) is 1.55. The van der Waals surface area contributed by atoms with E-state index in [4.69, 9.17) is 4.42 Å². The van der Waals surface area contributed by atoms with Gasteiger partial charge < -0.3 is 20.4 Å². The van der Waals surface area contributed by atoms with Gasteiger partial charge in [0.25, 0.3) is 5.91 Å². The first-order valence-corrected chi connectivity index (χ1v) is 9.85. The fraction of sp³-hybridized carbons (Fsp3) is 0.0588. The van der Waals surface area contributed by atoms with Gasteiger partial charge in [0.05, 0.1) is 21.5 Å². The summed E-state index contributed by atoms with van der Waals surface area (Å²) < 4.78 is 6.85. The third-order valence-electron chi connectivity index (χ3n) is 3.27. The van der Waals surface area contributed by atoms with E-state index < -0.39 is 0 Å². The number of urea groups is 1. The summed E-state index contributed by atoms with van der Waals surface area (Å²) in [5, 5.41) is 8.21. The van der Waals surface area contributed by atoms with E-state index in [0.29, 0.717) is 28.6 Å². The number of hydrogen-bond donors (Lipinski definition) is 3. The molecule has 3 amide bonds. The average molecular weight is 499 g/mol. The van der Waals surface area contributed by atoms with E-state index in [1.807, 2.05) is 0 Å². The molecule has 0 saturated heterocycles. The zero-order valence-corrected chi connectivity index (χ0v) is 17.2. The number of halogens is 2. The number of furan rings is 1. The van der Waals surface area contributed by atoms with Crippen molar-refractivity contribution in [2.75, 3.05) is 10.6 Å². The van der Waals surface area contributed by atoms with Crippen LogP contribution in [0.5, 0.6) is 0 Å². The molecule has 9 heteroatoms. The molecule has 6 nitrogen and oxygen atoms in total. The molecule has 0 saturated carbocycles. The fourth-order valence-corrected chi connectivity index (χ4v) is 3.97. The van der Waals surface area contributed by atoms with Crippen molar-refractivity contribution in [1.29, 1.82) is 0 Å². The maximum absolute atomic E-state index is 12.2. The molecule has 0 bridgehead atoms. The summed E-state index contributed by atoms with van der Waals surface area (Å²) >= 11 is 8.07. The second kappa shape index (κ2) is 8.52. The van der Waals surface area contributed by atoms with Gasteiger partial charge in [0.1, 0.15) is 5.76 Å². The lowest BCUT2D eigenvalue weighted by molar-refractivity contribution is 0.103. The van der Waals surface area contributed by atoms with Gasteiger partial charge in [-0.25, -0.2) is 4.79 Å². The normalized spacial score (nSPS) is 10.4. The van der Waals surface area contributed by atoms with Gasteiger partial charge in [0.15, 0.2) is 0 Å². The Hall–Kier alpha value is -2.10. The molecule has 0 atom stereocenters. The SMILES string of the molecule is O=C(NCc1ccco1)Nc1ccc(NC(=O)c2cc(Br)c(Br)s2)cc1. The van der Waals surface area contributed by atoms with Crippen molar-refractivity contribution in [2.45, 2.75) is 6.54 Å². The standard InChI is InChI=1S/C17H13Br2N3O3S/c18-13-8-14(26-15(13)19)16(23)21-10-3-5-11(6-4-10)22-17(24)20-9-12-2-1-7-25-12/h1-8H,9H2,(H,21,23)(H2,20,22,24). The Balaban J connectivity index is 1.52. The predicted octanol–water partition coefficient (Wildman–Crippen LogP) is 5.44. The molecule has 2 heterocycles. The minimum absolute atomic E-state index is 0.196. The van der Waals surface area contributed by atoms with Crippen LogP contribution < -0.4 is 16.0 Å². The number of anilines is 2. The van der Waals surface area contributed by atoms with Crippen LogP contribution in [0, 0.1) is 0 Å². The van der Waals surface area contributed by atoms with Gasteiger partial charge in [0.2, 0.25) is 0 Å². The van der Waals surface area contributed by atoms with Crippen molar-refractivity contribution in [3.8, 4) is 0 Å². The van der Waals surface area contributed by atoms with E-state index in [1.165, 1.54) is 11.3 Å². The number of benzene rings is 1. The summed E-state index contributed by atoms with van der Waals surface area (Å²) in [4.78, 5) is 24.6. The monoisotopic (exact) mass is 497 g/mol. The van der Waals surface area contributed by atoms with Gasteiger partial charge in [0, 0.05) is 15.8 Å². The Morgan fingerprint density at radius 2 is 1.73 bits per heavy atom. The van der Waals surface area contributed by atoms with Gasteiger partial charge in [-0.2, -0.15) is 0 Å². The Kier molecular flexibility index (Phi) is 6.12. The second-order valence-electron chi connectivity index (χ2n) is 5.15. The van der Waals surface area contributed by atoms with Gasteiger partial charge in [-0.15, -0.1) is 11.3 Å². The first-order chi connectivity index (χ1) is 12.5. The summed E-state index contributed by atoms with van der Waals surface area (Å²) in [6.45, 7) is 0.304. The summed E-state index contributed by atoms with van der Waals surface area (Å²) in [5.41, 5.74) is 1.25. The lowest BCUT2D eigenvalue weighted by atomic mass is 10.2. The predicted molar refractivity (Wildman–Crippen MR) is 109 cm³/mol.